The first-order chi connectivity index (χ1) is 17.1. The Labute approximate surface area is 205 Å². The number of hydrogen-bond donors (Lipinski definition) is 1. The maximum absolute atomic E-state index is 13.1. The Morgan fingerprint density at radius 1 is 1.03 bits per heavy atom. The fraction of sp³-hybridized carbons (Fsp3) is 0.259. The van der Waals surface area contributed by atoms with Crippen LogP contribution >= 0.6 is 0 Å². The molecule has 2 amide bonds. The number of nitrogens with one attached hydrogen (secondary N) is 1. The zero-order valence-corrected chi connectivity index (χ0v) is 20.2. The molecule has 2 aromatic carbocycles. The Hall–Kier alpha value is -4.20. The molecule has 0 spiro atoms. The molecular weight excluding hydrogens is 444 g/mol. The molecular formula is C27H30N4O4. The van der Waals surface area contributed by atoms with Gasteiger partial charge in [0.05, 0.1) is 43.4 Å². The first kappa shape index (κ1) is 23.9. The van der Waals surface area contributed by atoms with E-state index in [4.69, 9.17) is 19.0 Å². The Morgan fingerprint density at radius 3 is 2.46 bits per heavy atom. The van der Waals surface area contributed by atoms with E-state index in [0.717, 1.165) is 23.4 Å². The number of urea groups is 1. The lowest BCUT2D eigenvalue weighted by atomic mass is 10.2. The number of ether oxygens (including phenoxy) is 2. The van der Waals surface area contributed by atoms with E-state index in [1.807, 2.05) is 80.6 Å². The predicted octanol–water partition coefficient (Wildman–Crippen LogP) is 5.70. The molecule has 4 aromatic rings. The number of carbonyl (C=O) groups is 1. The maximum Gasteiger partial charge on any atom is 0.318 e. The normalized spacial score (nSPS) is 10.7. The van der Waals surface area contributed by atoms with Gasteiger partial charge in [-0.05, 0) is 49.7 Å². The van der Waals surface area contributed by atoms with Gasteiger partial charge in [0.1, 0.15) is 5.76 Å². The van der Waals surface area contributed by atoms with Gasteiger partial charge in [-0.25, -0.2) is 9.48 Å². The van der Waals surface area contributed by atoms with Crippen LogP contribution in [0.3, 0.4) is 0 Å². The van der Waals surface area contributed by atoms with Crippen molar-refractivity contribution in [1.82, 2.24) is 20.0 Å². The van der Waals surface area contributed by atoms with E-state index in [0.29, 0.717) is 36.2 Å². The van der Waals surface area contributed by atoms with E-state index in [-0.39, 0.29) is 12.6 Å². The number of rotatable bonds is 10. The minimum Gasteiger partial charge on any atom is -0.493 e. The molecule has 2 heterocycles. The molecule has 0 radical (unpaired) electrons. The summed E-state index contributed by atoms with van der Waals surface area (Å²) in [6, 6.07) is 20.7. The highest BCUT2D eigenvalue weighted by atomic mass is 16.5. The van der Waals surface area contributed by atoms with Crippen molar-refractivity contribution < 1.29 is 18.7 Å². The number of para-hydroxylation sites is 3. The minimum absolute atomic E-state index is 0.182. The third-order valence-corrected chi connectivity index (χ3v) is 5.50. The summed E-state index contributed by atoms with van der Waals surface area (Å²) in [5.41, 5.74) is 2.39. The van der Waals surface area contributed by atoms with Crippen molar-refractivity contribution in [3.63, 3.8) is 0 Å². The lowest BCUT2D eigenvalue weighted by Crippen LogP contribution is -2.39. The average molecular weight is 475 g/mol. The molecule has 0 saturated carbocycles. The van der Waals surface area contributed by atoms with Crippen LogP contribution < -0.4 is 14.8 Å². The van der Waals surface area contributed by atoms with Crippen molar-refractivity contribution >= 4 is 6.03 Å². The van der Waals surface area contributed by atoms with E-state index in [9.17, 15) is 4.79 Å². The second-order valence-corrected chi connectivity index (χ2v) is 8.04. The molecule has 8 heteroatoms. The summed E-state index contributed by atoms with van der Waals surface area (Å²) in [7, 11) is 1.60. The van der Waals surface area contributed by atoms with Crippen molar-refractivity contribution in [2.75, 3.05) is 13.7 Å². The van der Waals surface area contributed by atoms with Gasteiger partial charge in [0.15, 0.2) is 11.5 Å². The van der Waals surface area contributed by atoms with Crippen molar-refractivity contribution in [2.45, 2.75) is 33.4 Å². The number of methoxy groups -OCH3 is 1. The number of aryl methyl sites for hydroxylation is 1. The highest BCUT2D eigenvalue weighted by Crippen LogP contribution is 2.36. The second kappa shape index (κ2) is 11.3. The molecule has 182 valence electrons. The summed E-state index contributed by atoms with van der Waals surface area (Å²) in [4.78, 5) is 14.8. The SMILES string of the molecule is CCCNC(=O)N(Cc1ccco1)Cc1c(C)nn(-c2ccccc2)c1Oc1ccccc1OC. The molecule has 8 nitrogen and oxygen atoms in total. The number of amides is 2. The topological polar surface area (TPSA) is 81.8 Å². The Kier molecular flexibility index (Phi) is 7.72. The number of benzene rings is 2. The summed E-state index contributed by atoms with van der Waals surface area (Å²) in [5.74, 6) is 2.37. The molecule has 4 rings (SSSR count). The van der Waals surface area contributed by atoms with Crippen molar-refractivity contribution in [3.8, 4) is 23.1 Å². The quantitative estimate of drug-likeness (QED) is 0.319. The number of furan rings is 1. The predicted molar refractivity (Wildman–Crippen MR) is 133 cm³/mol. The van der Waals surface area contributed by atoms with Gasteiger partial charge in [0.2, 0.25) is 5.88 Å². The number of nitrogens with zero attached hydrogens (tertiary/aromatic N) is 3. The Balaban J connectivity index is 1.75. The lowest BCUT2D eigenvalue weighted by Gasteiger charge is -2.23. The summed E-state index contributed by atoms with van der Waals surface area (Å²) in [6.45, 7) is 5.11. The first-order valence-corrected chi connectivity index (χ1v) is 11.6. The van der Waals surface area contributed by atoms with Gasteiger partial charge in [-0.1, -0.05) is 37.3 Å². The average Bonchev–Trinajstić information content (AvgIpc) is 3.51. The van der Waals surface area contributed by atoms with E-state index in [1.54, 1.807) is 23.0 Å². The van der Waals surface area contributed by atoms with Gasteiger partial charge in [-0.3, -0.25) is 0 Å². The van der Waals surface area contributed by atoms with E-state index in [2.05, 4.69) is 5.32 Å². The second-order valence-electron chi connectivity index (χ2n) is 8.04. The highest BCUT2D eigenvalue weighted by Gasteiger charge is 2.25. The van der Waals surface area contributed by atoms with Crippen LogP contribution in [-0.4, -0.2) is 34.4 Å². The molecule has 0 unspecified atom stereocenters. The van der Waals surface area contributed by atoms with Gasteiger partial charge in [-0.2, -0.15) is 5.10 Å². The number of carbonyl (C=O) groups excluding carboxylic acids is 1. The van der Waals surface area contributed by atoms with E-state index in [1.165, 1.54) is 0 Å². The van der Waals surface area contributed by atoms with Crippen LogP contribution in [0.5, 0.6) is 17.4 Å². The van der Waals surface area contributed by atoms with Gasteiger partial charge < -0.3 is 24.1 Å². The minimum atomic E-state index is -0.182. The molecule has 0 aliphatic carbocycles. The van der Waals surface area contributed by atoms with E-state index >= 15 is 0 Å². The van der Waals surface area contributed by atoms with Crippen LogP contribution in [0.4, 0.5) is 4.79 Å². The zero-order chi connectivity index (χ0) is 24.6. The third kappa shape index (κ3) is 5.66. The molecule has 0 saturated heterocycles. The smallest absolute Gasteiger partial charge is 0.318 e. The van der Waals surface area contributed by atoms with Crippen LogP contribution in [0.1, 0.15) is 30.4 Å². The number of hydrogen-bond acceptors (Lipinski definition) is 5. The van der Waals surface area contributed by atoms with Gasteiger partial charge in [0, 0.05) is 6.54 Å². The summed E-state index contributed by atoms with van der Waals surface area (Å²) in [5, 5.41) is 7.74. The first-order valence-electron chi connectivity index (χ1n) is 11.6. The molecule has 35 heavy (non-hydrogen) atoms. The summed E-state index contributed by atoms with van der Waals surface area (Å²) >= 11 is 0. The molecule has 0 fully saturated rings. The fourth-order valence-corrected chi connectivity index (χ4v) is 3.70. The van der Waals surface area contributed by atoms with Gasteiger partial charge in [0.25, 0.3) is 0 Å². The maximum atomic E-state index is 13.1. The van der Waals surface area contributed by atoms with Crippen molar-refractivity contribution in [3.05, 3.63) is 90.0 Å². The summed E-state index contributed by atoms with van der Waals surface area (Å²) in [6.07, 6.45) is 2.44. The molecule has 1 N–H and O–H groups in total. The van der Waals surface area contributed by atoms with Crippen LogP contribution in [0, 0.1) is 6.92 Å². The van der Waals surface area contributed by atoms with Crippen molar-refractivity contribution in [1.29, 1.82) is 0 Å². The largest absolute Gasteiger partial charge is 0.493 e. The van der Waals surface area contributed by atoms with Crippen LogP contribution in [0.15, 0.2) is 77.4 Å². The van der Waals surface area contributed by atoms with Crippen LogP contribution in [0.2, 0.25) is 0 Å². The number of aromatic nitrogens is 2. The lowest BCUT2D eigenvalue weighted by molar-refractivity contribution is 0.186. The van der Waals surface area contributed by atoms with Gasteiger partial charge >= 0.3 is 6.03 Å². The molecule has 0 atom stereocenters. The molecule has 0 aliphatic heterocycles. The van der Waals surface area contributed by atoms with Crippen molar-refractivity contribution in [2.24, 2.45) is 0 Å². The van der Waals surface area contributed by atoms with E-state index < -0.39 is 0 Å². The van der Waals surface area contributed by atoms with Crippen LogP contribution in [-0.2, 0) is 13.1 Å². The Bertz CT molecular complexity index is 1240. The fourth-order valence-electron chi connectivity index (χ4n) is 3.70. The molecule has 0 aliphatic rings. The highest BCUT2D eigenvalue weighted by molar-refractivity contribution is 5.74. The van der Waals surface area contributed by atoms with Crippen LogP contribution in [0.25, 0.3) is 5.69 Å². The molecule has 2 aromatic heterocycles. The summed E-state index contributed by atoms with van der Waals surface area (Å²) < 4.78 is 19.2. The molecule has 0 bridgehead atoms. The standard InChI is InChI=1S/C27H30N4O4/c1-4-16-28-27(32)30(18-22-13-10-17-34-22)19-23-20(2)29-31(21-11-6-5-7-12-21)26(23)35-25-15-9-8-14-24(25)33-3/h5-15,17H,4,16,18-19H2,1-3H3,(H,28,32). The third-order valence-electron chi connectivity index (χ3n) is 5.50. The van der Waals surface area contributed by atoms with Gasteiger partial charge in [-0.15, -0.1) is 0 Å². The Morgan fingerprint density at radius 2 is 1.77 bits per heavy atom. The zero-order valence-electron chi connectivity index (χ0n) is 20.2. The monoisotopic (exact) mass is 474 g/mol.